The van der Waals surface area contributed by atoms with Crippen molar-refractivity contribution in [3.63, 3.8) is 0 Å². The number of benzene rings is 1. The van der Waals surface area contributed by atoms with Gasteiger partial charge in [-0.15, -0.1) is 0 Å². The molecular formula is C18H16ClNO2. The van der Waals surface area contributed by atoms with Gasteiger partial charge in [0.1, 0.15) is 0 Å². The van der Waals surface area contributed by atoms with Crippen LogP contribution in [0.4, 0.5) is 5.69 Å². The molecule has 2 bridgehead atoms. The van der Waals surface area contributed by atoms with E-state index in [9.17, 15) is 9.59 Å². The van der Waals surface area contributed by atoms with Crippen LogP contribution in [0.3, 0.4) is 0 Å². The van der Waals surface area contributed by atoms with Crippen LogP contribution in [0, 0.1) is 42.4 Å². The molecule has 0 radical (unpaired) electrons. The summed E-state index contributed by atoms with van der Waals surface area (Å²) in [5, 5.41) is 0.556. The highest BCUT2D eigenvalue weighted by Crippen LogP contribution is 2.65. The summed E-state index contributed by atoms with van der Waals surface area (Å²) in [4.78, 5) is 27.4. The Labute approximate surface area is 133 Å². The lowest BCUT2D eigenvalue weighted by atomic mass is 9.63. The van der Waals surface area contributed by atoms with Gasteiger partial charge in [0, 0.05) is 5.02 Å². The third kappa shape index (κ3) is 1.43. The first kappa shape index (κ1) is 12.9. The second-order valence-electron chi connectivity index (χ2n) is 7.10. The number of halogens is 1. The number of hydrogen-bond donors (Lipinski definition) is 0. The van der Waals surface area contributed by atoms with E-state index in [1.54, 1.807) is 12.1 Å². The first-order valence-corrected chi connectivity index (χ1v) is 8.28. The van der Waals surface area contributed by atoms with Crippen molar-refractivity contribution in [1.29, 1.82) is 0 Å². The lowest BCUT2D eigenvalue weighted by Crippen LogP contribution is -2.40. The lowest BCUT2D eigenvalue weighted by Gasteiger charge is -2.37. The summed E-state index contributed by atoms with van der Waals surface area (Å²) < 4.78 is 0. The fraction of sp³-hybridized carbons (Fsp3) is 0.444. The van der Waals surface area contributed by atoms with Gasteiger partial charge in [0.25, 0.3) is 0 Å². The molecule has 6 rings (SSSR count). The number of nitrogens with zero attached hydrogens (tertiary/aromatic N) is 1. The highest BCUT2D eigenvalue weighted by atomic mass is 35.5. The zero-order valence-corrected chi connectivity index (χ0v) is 13.0. The number of anilines is 1. The van der Waals surface area contributed by atoms with E-state index < -0.39 is 0 Å². The summed E-state index contributed by atoms with van der Waals surface area (Å²) in [6.45, 7) is 1.92. The summed E-state index contributed by atoms with van der Waals surface area (Å²) >= 11 is 6.08. The fourth-order valence-electron chi connectivity index (χ4n) is 5.02. The zero-order valence-electron chi connectivity index (χ0n) is 12.2. The Hall–Kier alpha value is -1.61. The number of aryl methyl sites for hydroxylation is 1. The molecule has 0 spiro atoms. The largest absolute Gasteiger partial charge is 0.274 e. The van der Waals surface area contributed by atoms with Gasteiger partial charge in [-0.25, -0.2) is 4.90 Å². The molecule has 5 aliphatic rings. The van der Waals surface area contributed by atoms with E-state index in [4.69, 9.17) is 11.6 Å². The zero-order chi connectivity index (χ0) is 15.2. The van der Waals surface area contributed by atoms with Crippen LogP contribution in [0.5, 0.6) is 0 Å². The maximum Gasteiger partial charge on any atom is 0.238 e. The monoisotopic (exact) mass is 313 g/mol. The summed E-state index contributed by atoms with van der Waals surface area (Å²) in [7, 11) is 0. The van der Waals surface area contributed by atoms with Gasteiger partial charge < -0.3 is 0 Å². The molecule has 3 nitrogen and oxygen atoms in total. The predicted octanol–water partition coefficient (Wildman–Crippen LogP) is 3.21. The summed E-state index contributed by atoms with van der Waals surface area (Å²) in [6, 6.07) is 5.39. The molecule has 22 heavy (non-hydrogen) atoms. The second-order valence-corrected chi connectivity index (χ2v) is 7.53. The van der Waals surface area contributed by atoms with Crippen molar-refractivity contribution < 1.29 is 9.59 Å². The summed E-state index contributed by atoms with van der Waals surface area (Å²) in [5.74, 6) is 1.45. The fourth-order valence-corrected chi connectivity index (χ4v) is 5.18. The molecule has 2 amide bonds. The summed E-state index contributed by atoms with van der Waals surface area (Å²) in [5.41, 5.74) is 1.57. The van der Waals surface area contributed by atoms with Gasteiger partial charge in [0.05, 0.1) is 17.5 Å². The van der Waals surface area contributed by atoms with E-state index in [0.29, 0.717) is 22.5 Å². The predicted molar refractivity (Wildman–Crippen MR) is 83.4 cm³/mol. The van der Waals surface area contributed by atoms with Gasteiger partial charge in [0.15, 0.2) is 0 Å². The van der Waals surface area contributed by atoms with Crippen molar-refractivity contribution in [3.05, 3.63) is 40.9 Å². The standard InChI is InChI=1S/C18H16ClNO2/c1-8-2-3-9(19)6-14(8)20-17(21)15-10-4-5-11(13-7-12(10)13)16(15)18(20)22/h2-6,10-13,15-16H,7H2,1H3/t10-,11-,12-,13+,15+,16+/m0/s1. The van der Waals surface area contributed by atoms with Crippen molar-refractivity contribution in [2.45, 2.75) is 13.3 Å². The van der Waals surface area contributed by atoms with Crippen LogP contribution in [-0.2, 0) is 9.59 Å². The van der Waals surface area contributed by atoms with Crippen molar-refractivity contribution in [2.24, 2.45) is 35.5 Å². The molecule has 1 aliphatic heterocycles. The quantitative estimate of drug-likeness (QED) is 0.590. The van der Waals surface area contributed by atoms with E-state index >= 15 is 0 Å². The number of allylic oxidation sites excluding steroid dienone is 2. The SMILES string of the molecule is Cc1ccc(Cl)cc1N1C(=O)[C@@H]2[C@H]3C=C[C@@H]([C@@H]4C[C@H]34)[C@H]2C1=O. The average Bonchev–Trinajstić information content (AvgIpc) is 3.28. The molecule has 3 fully saturated rings. The van der Waals surface area contributed by atoms with Gasteiger partial charge in [-0.05, 0) is 54.7 Å². The van der Waals surface area contributed by atoms with Crippen molar-refractivity contribution in [1.82, 2.24) is 0 Å². The first-order valence-electron chi connectivity index (χ1n) is 7.90. The average molecular weight is 314 g/mol. The number of hydrogen-bond acceptors (Lipinski definition) is 2. The molecular weight excluding hydrogens is 298 g/mol. The third-order valence-corrected chi connectivity index (χ3v) is 6.31. The van der Waals surface area contributed by atoms with Crippen LogP contribution >= 0.6 is 11.6 Å². The molecule has 1 saturated heterocycles. The van der Waals surface area contributed by atoms with Gasteiger partial charge in [-0.3, -0.25) is 9.59 Å². The van der Waals surface area contributed by atoms with E-state index in [1.165, 1.54) is 11.3 Å². The molecule has 1 aromatic carbocycles. The minimum absolute atomic E-state index is 0.0231. The van der Waals surface area contributed by atoms with E-state index in [1.807, 2.05) is 13.0 Å². The molecule has 0 N–H and O–H groups in total. The van der Waals surface area contributed by atoms with Gasteiger partial charge >= 0.3 is 0 Å². The van der Waals surface area contributed by atoms with Crippen LogP contribution in [0.2, 0.25) is 5.02 Å². The Morgan fingerprint density at radius 1 is 1.05 bits per heavy atom. The maximum atomic E-state index is 13.0. The lowest BCUT2D eigenvalue weighted by molar-refractivity contribution is -0.124. The van der Waals surface area contributed by atoms with Crippen molar-refractivity contribution in [2.75, 3.05) is 4.90 Å². The van der Waals surface area contributed by atoms with Crippen LogP contribution < -0.4 is 4.90 Å². The highest BCUT2D eigenvalue weighted by molar-refractivity contribution is 6.31. The number of carbonyl (C=O) groups is 2. The second kappa shape index (κ2) is 4.02. The van der Waals surface area contributed by atoms with Crippen LogP contribution in [0.15, 0.2) is 30.4 Å². The van der Waals surface area contributed by atoms with E-state index in [-0.39, 0.29) is 35.5 Å². The molecule has 6 atom stereocenters. The van der Waals surface area contributed by atoms with Gasteiger partial charge in [0.2, 0.25) is 11.8 Å². The van der Waals surface area contributed by atoms with Crippen molar-refractivity contribution >= 4 is 29.1 Å². The number of imide groups is 1. The Morgan fingerprint density at radius 2 is 1.64 bits per heavy atom. The molecule has 2 saturated carbocycles. The number of carbonyl (C=O) groups excluding carboxylic acids is 2. The smallest absolute Gasteiger partial charge is 0.238 e. The van der Waals surface area contributed by atoms with Gasteiger partial charge in [-0.1, -0.05) is 29.8 Å². The molecule has 0 aromatic heterocycles. The topological polar surface area (TPSA) is 37.4 Å². The molecule has 1 aromatic rings. The number of rotatable bonds is 1. The van der Waals surface area contributed by atoms with Crippen LogP contribution in [0.1, 0.15) is 12.0 Å². The molecule has 1 heterocycles. The molecule has 4 aliphatic carbocycles. The Morgan fingerprint density at radius 3 is 2.23 bits per heavy atom. The molecule has 4 heteroatoms. The Bertz CT molecular complexity index is 719. The maximum absolute atomic E-state index is 13.0. The van der Waals surface area contributed by atoms with Crippen molar-refractivity contribution in [3.8, 4) is 0 Å². The molecule has 0 unspecified atom stereocenters. The van der Waals surface area contributed by atoms with Crippen LogP contribution in [0.25, 0.3) is 0 Å². The van der Waals surface area contributed by atoms with Crippen LogP contribution in [-0.4, -0.2) is 11.8 Å². The highest BCUT2D eigenvalue weighted by Gasteiger charge is 2.67. The summed E-state index contributed by atoms with van der Waals surface area (Å²) in [6.07, 6.45) is 5.57. The third-order valence-electron chi connectivity index (χ3n) is 6.07. The normalized spacial score (nSPS) is 40.9. The Kier molecular flexibility index (Phi) is 2.35. The van der Waals surface area contributed by atoms with E-state index in [0.717, 1.165) is 5.56 Å². The number of amides is 2. The Balaban J connectivity index is 1.62. The molecule has 112 valence electrons. The minimum Gasteiger partial charge on any atom is -0.274 e. The van der Waals surface area contributed by atoms with Gasteiger partial charge in [-0.2, -0.15) is 0 Å². The minimum atomic E-state index is -0.148. The first-order chi connectivity index (χ1) is 10.6. The van der Waals surface area contributed by atoms with E-state index in [2.05, 4.69) is 12.2 Å².